The average molecular weight is 168 g/mol. The molecule has 2 rings (SSSR count). The van der Waals surface area contributed by atoms with Gasteiger partial charge in [-0.25, -0.2) is 0 Å². The Labute approximate surface area is 67.1 Å². The maximum absolute atomic E-state index is 5.48. The van der Waals surface area contributed by atoms with Crippen LogP contribution in [0.4, 0.5) is 0 Å². The molecule has 58 valence electrons. The summed E-state index contributed by atoms with van der Waals surface area (Å²) in [6, 6.07) is 5.94. The first kappa shape index (κ1) is 6.93. The molecule has 0 aromatic heterocycles. The Kier molecular flexibility index (Phi) is 1.50. The smallest absolute Gasteiger partial charge is 0.287 e. The Hall–Kier alpha value is -0.750. The van der Waals surface area contributed by atoms with Gasteiger partial charge in [0, 0.05) is 6.66 Å². The molecule has 0 amide bonds. The van der Waals surface area contributed by atoms with Gasteiger partial charge in [0.15, 0.2) is 11.5 Å². The quantitative estimate of drug-likeness (QED) is 0.554. The molecule has 1 aromatic carbocycles. The SMILES string of the molecule is Cc1cccc2c1OP(C)O2. The van der Waals surface area contributed by atoms with E-state index in [2.05, 4.69) is 0 Å². The zero-order chi connectivity index (χ0) is 7.84. The van der Waals surface area contributed by atoms with Crippen LogP contribution in [0.5, 0.6) is 11.5 Å². The van der Waals surface area contributed by atoms with Crippen LogP contribution >= 0.6 is 8.38 Å². The van der Waals surface area contributed by atoms with Crippen LogP contribution in [-0.4, -0.2) is 6.66 Å². The van der Waals surface area contributed by atoms with E-state index in [9.17, 15) is 0 Å². The molecule has 1 aliphatic rings. The van der Waals surface area contributed by atoms with Gasteiger partial charge >= 0.3 is 0 Å². The van der Waals surface area contributed by atoms with Crippen molar-refractivity contribution in [1.82, 2.24) is 0 Å². The molecule has 1 unspecified atom stereocenters. The van der Waals surface area contributed by atoms with Crippen LogP contribution in [0.3, 0.4) is 0 Å². The van der Waals surface area contributed by atoms with Gasteiger partial charge in [-0.2, -0.15) is 0 Å². The Morgan fingerprint density at radius 2 is 2.09 bits per heavy atom. The van der Waals surface area contributed by atoms with Crippen LogP contribution in [0.1, 0.15) is 5.56 Å². The van der Waals surface area contributed by atoms with Crippen LogP contribution < -0.4 is 9.05 Å². The fourth-order valence-electron chi connectivity index (χ4n) is 1.10. The number of fused-ring (bicyclic) bond motifs is 1. The highest BCUT2D eigenvalue weighted by Crippen LogP contribution is 2.51. The topological polar surface area (TPSA) is 18.5 Å². The van der Waals surface area contributed by atoms with Gasteiger partial charge in [0.1, 0.15) is 0 Å². The molecule has 1 aromatic rings. The van der Waals surface area contributed by atoms with E-state index >= 15 is 0 Å². The zero-order valence-corrected chi connectivity index (χ0v) is 7.39. The second kappa shape index (κ2) is 2.38. The highest BCUT2D eigenvalue weighted by molar-refractivity contribution is 7.47. The predicted molar refractivity (Wildman–Crippen MR) is 45.3 cm³/mol. The fraction of sp³-hybridized carbons (Fsp3) is 0.250. The third-order valence-electron chi connectivity index (χ3n) is 1.62. The van der Waals surface area contributed by atoms with E-state index in [0.29, 0.717) is 0 Å². The van der Waals surface area contributed by atoms with E-state index in [1.54, 1.807) is 0 Å². The van der Waals surface area contributed by atoms with E-state index in [1.165, 1.54) is 0 Å². The minimum atomic E-state index is -0.708. The number of hydrogen-bond donors (Lipinski definition) is 0. The first-order valence-electron chi connectivity index (χ1n) is 3.46. The molecule has 1 atom stereocenters. The Bertz CT molecular complexity index is 285. The molecule has 11 heavy (non-hydrogen) atoms. The molecular weight excluding hydrogens is 159 g/mol. The minimum Gasteiger partial charge on any atom is -0.435 e. The summed E-state index contributed by atoms with van der Waals surface area (Å²) < 4.78 is 10.9. The van der Waals surface area contributed by atoms with Crippen molar-refractivity contribution in [3.63, 3.8) is 0 Å². The van der Waals surface area contributed by atoms with Crippen molar-refractivity contribution in [2.75, 3.05) is 6.66 Å². The lowest BCUT2D eigenvalue weighted by Crippen LogP contribution is -1.79. The van der Waals surface area contributed by atoms with E-state index in [4.69, 9.17) is 9.05 Å². The van der Waals surface area contributed by atoms with Gasteiger partial charge in [-0.1, -0.05) is 12.1 Å². The van der Waals surface area contributed by atoms with Crippen molar-refractivity contribution in [3.05, 3.63) is 23.8 Å². The molecule has 1 heterocycles. The molecule has 3 heteroatoms. The molecule has 0 saturated heterocycles. The van der Waals surface area contributed by atoms with Crippen molar-refractivity contribution in [1.29, 1.82) is 0 Å². The molecule has 1 aliphatic heterocycles. The summed E-state index contributed by atoms with van der Waals surface area (Å²) in [7, 11) is -0.708. The van der Waals surface area contributed by atoms with Gasteiger partial charge in [-0.15, -0.1) is 0 Å². The summed E-state index contributed by atoms with van der Waals surface area (Å²) >= 11 is 0. The molecule has 0 spiro atoms. The number of aryl methyl sites for hydroxylation is 1. The molecule has 2 nitrogen and oxygen atoms in total. The summed E-state index contributed by atoms with van der Waals surface area (Å²) in [6.07, 6.45) is 0. The lowest BCUT2D eigenvalue weighted by Gasteiger charge is -1.98. The standard InChI is InChI=1S/C8H9O2P/c1-6-4-3-5-7-8(6)10-11(2)9-7/h3-5H,1-2H3. The van der Waals surface area contributed by atoms with Crippen LogP contribution in [0.2, 0.25) is 0 Å². The molecule has 0 N–H and O–H groups in total. The molecule has 0 radical (unpaired) electrons. The lowest BCUT2D eigenvalue weighted by atomic mass is 10.2. The van der Waals surface area contributed by atoms with E-state index < -0.39 is 8.38 Å². The predicted octanol–water partition coefficient (Wildman–Crippen LogP) is 2.71. The van der Waals surface area contributed by atoms with Crippen molar-refractivity contribution < 1.29 is 9.05 Å². The van der Waals surface area contributed by atoms with Gasteiger partial charge in [0.05, 0.1) is 0 Å². The highest BCUT2D eigenvalue weighted by Gasteiger charge is 2.22. The third kappa shape index (κ3) is 1.08. The van der Waals surface area contributed by atoms with Crippen molar-refractivity contribution in [3.8, 4) is 11.5 Å². The van der Waals surface area contributed by atoms with Crippen LogP contribution in [0, 0.1) is 6.92 Å². The number of para-hydroxylation sites is 1. The summed E-state index contributed by atoms with van der Waals surface area (Å²) in [6.45, 7) is 3.98. The first-order chi connectivity index (χ1) is 5.27. The van der Waals surface area contributed by atoms with Crippen molar-refractivity contribution in [2.24, 2.45) is 0 Å². The number of hydrogen-bond acceptors (Lipinski definition) is 2. The Morgan fingerprint density at radius 1 is 1.27 bits per heavy atom. The Morgan fingerprint density at radius 3 is 2.82 bits per heavy atom. The van der Waals surface area contributed by atoms with Gasteiger partial charge in [0.2, 0.25) is 0 Å². The second-order valence-electron chi connectivity index (χ2n) is 2.52. The largest absolute Gasteiger partial charge is 0.435 e. The van der Waals surface area contributed by atoms with E-state index in [1.807, 2.05) is 31.8 Å². The fourth-order valence-corrected chi connectivity index (χ4v) is 2.05. The maximum atomic E-state index is 5.48. The first-order valence-corrected chi connectivity index (χ1v) is 5.09. The molecule has 0 bridgehead atoms. The van der Waals surface area contributed by atoms with Crippen molar-refractivity contribution in [2.45, 2.75) is 6.92 Å². The molecular formula is C8H9O2P. The third-order valence-corrected chi connectivity index (χ3v) is 2.52. The summed E-state index contributed by atoms with van der Waals surface area (Å²) in [4.78, 5) is 0. The summed E-state index contributed by atoms with van der Waals surface area (Å²) in [5, 5.41) is 0. The monoisotopic (exact) mass is 168 g/mol. The highest BCUT2D eigenvalue weighted by atomic mass is 31.2. The summed E-state index contributed by atoms with van der Waals surface area (Å²) in [5.41, 5.74) is 1.15. The Balaban J connectivity index is 2.49. The van der Waals surface area contributed by atoms with E-state index in [-0.39, 0.29) is 0 Å². The number of benzene rings is 1. The zero-order valence-electron chi connectivity index (χ0n) is 6.50. The number of rotatable bonds is 0. The second-order valence-corrected chi connectivity index (χ2v) is 3.77. The van der Waals surface area contributed by atoms with Gasteiger partial charge in [-0.05, 0) is 18.6 Å². The molecule has 0 fully saturated rings. The summed E-state index contributed by atoms with van der Waals surface area (Å²) in [5.74, 6) is 1.81. The van der Waals surface area contributed by atoms with Gasteiger partial charge in [0.25, 0.3) is 8.38 Å². The van der Waals surface area contributed by atoms with Crippen LogP contribution in [0.15, 0.2) is 18.2 Å². The molecule has 0 saturated carbocycles. The van der Waals surface area contributed by atoms with E-state index in [0.717, 1.165) is 17.1 Å². The van der Waals surface area contributed by atoms with Crippen LogP contribution in [0.25, 0.3) is 0 Å². The van der Waals surface area contributed by atoms with Gasteiger partial charge in [-0.3, -0.25) is 0 Å². The average Bonchev–Trinajstić information content (AvgIpc) is 2.31. The van der Waals surface area contributed by atoms with Gasteiger partial charge < -0.3 is 9.05 Å². The van der Waals surface area contributed by atoms with Crippen LogP contribution in [-0.2, 0) is 0 Å². The lowest BCUT2D eigenvalue weighted by molar-refractivity contribution is 0.580. The molecule has 0 aliphatic carbocycles. The minimum absolute atomic E-state index is 0.708. The van der Waals surface area contributed by atoms with Crippen molar-refractivity contribution >= 4 is 8.38 Å². The normalized spacial score (nSPS) is 20.4. The maximum Gasteiger partial charge on any atom is 0.287 e.